The minimum atomic E-state index is -0.492. The standard InChI is InChI=1S/C25H19FN4OS/c1-16-15-21(30(29-16)25-28-23-19(26)13-8-14-20(23)32-25)27-24(31)22(17-9-4-2-5-10-17)18-11-6-3-7-12-18/h2-15,22H,1H3,(H,27,31). The van der Waals surface area contributed by atoms with E-state index in [1.54, 1.807) is 16.8 Å². The van der Waals surface area contributed by atoms with Gasteiger partial charge in [0.2, 0.25) is 11.0 Å². The zero-order chi connectivity index (χ0) is 22.1. The predicted molar refractivity (Wildman–Crippen MR) is 125 cm³/mol. The lowest BCUT2D eigenvalue weighted by Gasteiger charge is -2.18. The smallest absolute Gasteiger partial charge is 0.237 e. The summed E-state index contributed by atoms with van der Waals surface area (Å²) in [6, 6.07) is 25.9. The second-order valence-corrected chi connectivity index (χ2v) is 8.42. The number of anilines is 1. The third-order valence-corrected chi connectivity index (χ3v) is 6.15. The highest BCUT2D eigenvalue weighted by Gasteiger charge is 2.24. The highest BCUT2D eigenvalue weighted by Crippen LogP contribution is 2.30. The van der Waals surface area contributed by atoms with Gasteiger partial charge in [0.05, 0.1) is 16.3 Å². The van der Waals surface area contributed by atoms with Gasteiger partial charge in [0.1, 0.15) is 17.2 Å². The number of aromatic nitrogens is 3. The maximum absolute atomic E-state index is 14.2. The number of hydrogen-bond donors (Lipinski definition) is 1. The van der Waals surface area contributed by atoms with Gasteiger partial charge in [-0.15, -0.1) is 0 Å². The van der Waals surface area contributed by atoms with Crippen LogP contribution < -0.4 is 5.32 Å². The van der Waals surface area contributed by atoms with Gasteiger partial charge in [-0.1, -0.05) is 78.1 Å². The molecule has 0 aliphatic heterocycles. The molecule has 5 rings (SSSR count). The Labute approximate surface area is 188 Å². The fraction of sp³-hybridized carbons (Fsp3) is 0.0800. The van der Waals surface area contributed by atoms with Crippen LogP contribution in [0.5, 0.6) is 0 Å². The summed E-state index contributed by atoms with van der Waals surface area (Å²) < 4.78 is 16.4. The van der Waals surface area contributed by atoms with Crippen LogP contribution in [0.15, 0.2) is 84.9 Å². The summed E-state index contributed by atoms with van der Waals surface area (Å²) in [5.74, 6) is -0.568. The van der Waals surface area contributed by atoms with Crippen molar-refractivity contribution in [2.24, 2.45) is 0 Å². The quantitative estimate of drug-likeness (QED) is 0.380. The van der Waals surface area contributed by atoms with E-state index in [0.717, 1.165) is 21.5 Å². The third-order valence-electron chi connectivity index (χ3n) is 5.15. The molecule has 5 aromatic rings. The van der Waals surface area contributed by atoms with Crippen molar-refractivity contribution in [1.29, 1.82) is 0 Å². The number of amides is 1. The van der Waals surface area contributed by atoms with E-state index in [2.05, 4.69) is 15.4 Å². The van der Waals surface area contributed by atoms with Gasteiger partial charge < -0.3 is 5.32 Å². The number of nitrogens with one attached hydrogen (secondary N) is 1. The van der Waals surface area contributed by atoms with E-state index >= 15 is 0 Å². The van der Waals surface area contributed by atoms with Crippen LogP contribution in [0.1, 0.15) is 22.7 Å². The number of aryl methyl sites for hydroxylation is 1. The Morgan fingerprint density at radius 3 is 2.25 bits per heavy atom. The molecule has 7 heteroatoms. The van der Waals surface area contributed by atoms with Crippen LogP contribution in [0.2, 0.25) is 0 Å². The minimum Gasteiger partial charge on any atom is -0.310 e. The number of carbonyl (C=O) groups excluding carboxylic acids is 1. The van der Waals surface area contributed by atoms with Crippen LogP contribution in [0, 0.1) is 12.7 Å². The van der Waals surface area contributed by atoms with E-state index in [-0.39, 0.29) is 11.7 Å². The minimum absolute atomic E-state index is 0.184. The molecule has 0 bridgehead atoms. The first-order valence-electron chi connectivity index (χ1n) is 10.1. The summed E-state index contributed by atoms with van der Waals surface area (Å²) in [4.78, 5) is 17.9. The van der Waals surface area contributed by atoms with E-state index in [0.29, 0.717) is 16.5 Å². The van der Waals surface area contributed by atoms with Gasteiger partial charge in [-0.05, 0) is 30.2 Å². The molecule has 0 spiro atoms. The molecule has 0 unspecified atom stereocenters. The van der Waals surface area contributed by atoms with Crippen molar-refractivity contribution in [3.63, 3.8) is 0 Å². The summed E-state index contributed by atoms with van der Waals surface area (Å²) in [6.07, 6.45) is 0. The number of para-hydroxylation sites is 1. The van der Waals surface area contributed by atoms with Gasteiger partial charge in [0, 0.05) is 6.07 Å². The van der Waals surface area contributed by atoms with Crippen molar-refractivity contribution in [3.05, 3.63) is 108 Å². The molecule has 2 heterocycles. The van der Waals surface area contributed by atoms with Crippen molar-refractivity contribution < 1.29 is 9.18 Å². The number of halogens is 1. The van der Waals surface area contributed by atoms with Crippen molar-refractivity contribution in [2.45, 2.75) is 12.8 Å². The zero-order valence-electron chi connectivity index (χ0n) is 17.2. The van der Waals surface area contributed by atoms with E-state index in [1.807, 2.05) is 73.7 Å². The summed E-state index contributed by atoms with van der Waals surface area (Å²) in [7, 11) is 0. The highest BCUT2D eigenvalue weighted by molar-refractivity contribution is 7.20. The predicted octanol–water partition coefficient (Wildman–Crippen LogP) is 5.70. The van der Waals surface area contributed by atoms with Crippen LogP contribution in [0.3, 0.4) is 0 Å². The summed E-state index contributed by atoms with van der Waals surface area (Å²) >= 11 is 1.32. The molecule has 0 saturated carbocycles. The fourth-order valence-corrected chi connectivity index (χ4v) is 4.66. The fourth-order valence-electron chi connectivity index (χ4n) is 3.71. The molecule has 0 aliphatic rings. The first-order chi connectivity index (χ1) is 15.6. The van der Waals surface area contributed by atoms with Crippen molar-refractivity contribution >= 4 is 33.3 Å². The first-order valence-corrected chi connectivity index (χ1v) is 10.9. The molecule has 32 heavy (non-hydrogen) atoms. The average Bonchev–Trinajstić information content (AvgIpc) is 3.39. The molecule has 0 fully saturated rings. The Bertz CT molecular complexity index is 1360. The lowest BCUT2D eigenvalue weighted by Crippen LogP contribution is -2.23. The second kappa shape index (κ2) is 8.36. The molecule has 0 aliphatic carbocycles. The largest absolute Gasteiger partial charge is 0.310 e. The number of rotatable bonds is 5. The number of benzene rings is 3. The number of nitrogens with zero attached hydrogens (tertiary/aromatic N) is 3. The number of hydrogen-bond acceptors (Lipinski definition) is 4. The molecule has 158 valence electrons. The topological polar surface area (TPSA) is 59.8 Å². The van der Waals surface area contributed by atoms with Gasteiger partial charge >= 0.3 is 0 Å². The molecule has 0 saturated heterocycles. The Balaban J connectivity index is 1.53. The molecule has 1 N–H and O–H groups in total. The van der Waals surface area contributed by atoms with Gasteiger partial charge in [-0.2, -0.15) is 9.78 Å². The third kappa shape index (κ3) is 3.78. The molecule has 3 aromatic carbocycles. The number of fused-ring (bicyclic) bond motifs is 1. The Morgan fingerprint density at radius 2 is 1.62 bits per heavy atom. The number of thiazole rings is 1. The maximum atomic E-state index is 14.2. The molecule has 0 radical (unpaired) electrons. The van der Waals surface area contributed by atoms with Crippen LogP contribution in [0.25, 0.3) is 15.3 Å². The highest BCUT2D eigenvalue weighted by atomic mass is 32.1. The van der Waals surface area contributed by atoms with E-state index < -0.39 is 5.92 Å². The Kier molecular flexibility index (Phi) is 5.25. The molecule has 0 atom stereocenters. The molecular formula is C25H19FN4OS. The normalized spacial score (nSPS) is 11.2. The summed E-state index contributed by atoms with van der Waals surface area (Å²) in [5.41, 5.74) is 2.79. The van der Waals surface area contributed by atoms with E-state index in [1.165, 1.54) is 17.4 Å². The molecule has 5 nitrogen and oxygen atoms in total. The second-order valence-electron chi connectivity index (χ2n) is 7.41. The molecular weight excluding hydrogens is 423 g/mol. The monoisotopic (exact) mass is 442 g/mol. The zero-order valence-corrected chi connectivity index (χ0v) is 18.0. The van der Waals surface area contributed by atoms with E-state index in [4.69, 9.17) is 0 Å². The Morgan fingerprint density at radius 1 is 0.969 bits per heavy atom. The number of carbonyl (C=O) groups is 1. The summed E-state index contributed by atoms with van der Waals surface area (Å²) in [5, 5.41) is 8.00. The maximum Gasteiger partial charge on any atom is 0.237 e. The van der Waals surface area contributed by atoms with Gasteiger partial charge in [0.15, 0.2) is 0 Å². The van der Waals surface area contributed by atoms with Crippen molar-refractivity contribution in [2.75, 3.05) is 5.32 Å². The van der Waals surface area contributed by atoms with Crippen molar-refractivity contribution in [3.8, 4) is 5.13 Å². The van der Waals surface area contributed by atoms with Crippen LogP contribution in [0.4, 0.5) is 10.2 Å². The first kappa shape index (κ1) is 20.1. The van der Waals surface area contributed by atoms with Gasteiger partial charge in [0.25, 0.3) is 0 Å². The lowest BCUT2D eigenvalue weighted by molar-refractivity contribution is -0.116. The molecule has 1 amide bonds. The Hall–Kier alpha value is -3.84. The van der Waals surface area contributed by atoms with Crippen LogP contribution >= 0.6 is 11.3 Å². The van der Waals surface area contributed by atoms with Gasteiger partial charge in [-0.3, -0.25) is 4.79 Å². The van der Waals surface area contributed by atoms with Crippen molar-refractivity contribution in [1.82, 2.24) is 14.8 Å². The average molecular weight is 443 g/mol. The summed E-state index contributed by atoms with van der Waals surface area (Å²) in [6.45, 7) is 1.84. The van der Waals surface area contributed by atoms with Crippen LogP contribution in [-0.2, 0) is 4.79 Å². The molecule has 2 aromatic heterocycles. The SMILES string of the molecule is Cc1cc(NC(=O)C(c2ccccc2)c2ccccc2)n(-c2nc3c(F)cccc3s2)n1. The van der Waals surface area contributed by atoms with Gasteiger partial charge in [-0.25, -0.2) is 9.37 Å². The van der Waals surface area contributed by atoms with Crippen LogP contribution in [-0.4, -0.2) is 20.7 Å². The lowest BCUT2D eigenvalue weighted by atomic mass is 9.90. The van der Waals surface area contributed by atoms with E-state index in [9.17, 15) is 9.18 Å².